The summed E-state index contributed by atoms with van der Waals surface area (Å²) in [7, 11) is -3.49. The van der Waals surface area contributed by atoms with Crippen LogP contribution in [-0.2, 0) is 21.4 Å². The van der Waals surface area contributed by atoms with E-state index in [-0.39, 0.29) is 11.8 Å². The molecule has 2 aliphatic rings. The Balaban J connectivity index is 1.33. The van der Waals surface area contributed by atoms with Crippen LogP contribution < -0.4 is 0 Å². The van der Waals surface area contributed by atoms with Gasteiger partial charge in [-0.05, 0) is 37.1 Å². The molecule has 2 saturated heterocycles. The van der Waals surface area contributed by atoms with Crippen molar-refractivity contribution in [3.63, 3.8) is 0 Å². The Morgan fingerprint density at radius 3 is 2.17 bits per heavy atom. The fraction of sp³-hybridized carbons (Fsp3) is 0.435. The summed E-state index contributed by atoms with van der Waals surface area (Å²) in [6, 6.07) is 18.9. The first-order valence-electron chi connectivity index (χ1n) is 10.6. The smallest absolute Gasteiger partial charge is 0.243 e. The second-order valence-electron chi connectivity index (χ2n) is 8.10. The van der Waals surface area contributed by atoms with Gasteiger partial charge in [0.05, 0.1) is 10.8 Å². The maximum atomic E-state index is 13.1. The summed E-state index contributed by atoms with van der Waals surface area (Å²) < 4.78 is 27.1. The van der Waals surface area contributed by atoms with E-state index in [0.717, 1.165) is 32.5 Å². The number of hydrogen-bond donors (Lipinski definition) is 0. The minimum Gasteiger partial charge on any atom is -0.340 e. The largest absolute Gasteiger partial charge is 0.340 e. The lowest BCUT2D eigenvalue weighted by atomic mass is 9.95. The molecule has 0 aromatic heterocycles. The lowest BCUT2D eigenvalue weighted by Gasteiger charge is -2.38. The van der Waals surface area contributed by atoms with Gasteiger partial charge in [0.2, 0.25) is 15.9 Å². The van der Waals surface area contributed by atoms with Gasteiger partial charge in [0, 0.05) is 39.3 Å². The van der Waals surface area contributed by atoms with Gasteiger partial charge in [-0.1, -0.05) is 48.5 Å². The standard InChI is InChI=1S/C23H29N3O3S/c27-23(21-10-7-13-24(19-21)18-20-8-3-1-4-9-20)25-14-16-26(17-15-25)30(28,29)22-11-5-2-6-12-22/h1-6,8-9,11-12,21H,7,10,13-19H2. The van der Waals surface area contributed by atoms with Crippen LogP contribution in [0.25, 0.3) is 0 Å². The average molecular weight is 428 g/mol. The molecule has 0 bridgehead atoms. The molecule has 2 aromatic rings. The number of nitrogens with zero attached hydrogens (tertiary/aromatic N) is 3. The number of likely N-dealkylation sites (tertiary alicyclic amines) is 1. The molecule has 0 aliphatic carbocycles. The predicted molar refractivity (Wildman–Crippen MR) is 116 cm³/mol. The molecular weight excluding hydrogens is 398 g/mol. The topological polar surface area (TPSA) is 60.9 Å². The maximum Gasteiger partial charge on any atom is 0.243 e. The Bertz CT molecular complexity index is 942. The number of rotatable bonds is 5. The third-order valence-electron chi connectivity index (χ3n) is 6.04. The minimum absolute atomic E-state index is 0.000238. The molecule has 4 rings (SSSR count). The quantitative estimate of drug-likeness (QED) is 0.735. The number of sulfonamides is 1. The Hall–Kier alpha value is -2.22. The third-order valence-corrected chi connectivity index (χ3v) is 7.95. The van der Waals surface area contributed by atoms with E-state index in [1.54, 1.807) is 30.3 Å². The zero-order chi connectivity index (χ0) is 21.0. The molecule has 0 saturated carbocycles. The van der Waals surface area contributed by atoms with Gasteiger partial charge in [0.1, 0.15) is 0 Å². The molecule has 2 aliphatic heterocycles. The summed E-state index contributed by atoms with van der Waals surface area (Å²) in [5, 5.41) is 0. The Morgan fingerprint density at radius 2 is 1.50 bits per heavy atom. The van der Waals surface area contributed by atoms with Gasteiger partial charge < -0.3 is 4.90 Å². The van der Waals surface area contributed by atoms with Crippen LogP contribution in [0.1, 0.15) is 18.4 Å². The Morgan fingerprint density at radius 1 is 0.867 bits per heavy atom. The predicted octanol–water partition coefficient (Wildman–Crippen LogP) is 2.43. The summed E-state index contributed by atoms with van der Waals surface area (Å²) in [5.41, 5.74) is 1.27. The van der Waals surface area contributed by atoms with E-state index in [9.17, 15) is 13.2 Å². The van der Waals surface area contributed by atoms with Gasteiger partial charge in [-0.3, -0.25) is 9.69 Å². The summed E-state index contributed by atoms with van der Waals surface area (Å²) in [6.07, 6.45) is 1.93. The van der Waals surface area contributed by atoms with E-state index in [0.29, 0.717) is 31.1 Å². The third kappa shape index (κ3) is 4.74. The van der Waals surface area contributed by atoms with Crippen molar-refractivity contribution in [2.75, 3.05) is 39.3 Å². The van der Waals surface area contributed by atoms with Crippen molar-refractivity contribution in [2.24, 2.45) is 5.92 Å². The van der Waals surface area contributed by atoms with E-state index in [1.165, 1.54) is 9.87 Å². The fourth-order valence-electron chi connectivity index (χ4n) is 4.39. The minimum atomic E-state index is -3.49. The van der Waals surface area contributed by atoms with Gasteiger partial charge in [-0.2, -0.15) is 4.31 Å². The van der Waals surface area contributed by atoms with Crippen LogP contribution in [0.2, 0.25) is 0 Å². The highest BCUT2D eigenvalue weighted by atomic mass is 32.2. The molecule has 1 amide bonds. The number of hydrogen-bond acceptors (Lipinski definition) is 4. The zero-order valence-electron chi connectivity index (χ0n) is 17.2. The van der Waals surface area contributed by atoms with E-state index in [4.69, 9.17) is 0 Å². The maximum absolute atomic E-state index is 13.1. The zero-order valence-corrected chi connectivity index (χ0v) is 18.0. The van der Waals surface area contributed by atoms with Crippen LogP contribution in [-0.4, -0.2) is 67.7 Å². The first-order valence-corrected chi connectivity index (χ1v) is 12.1. The molecule has 7 heteroatoms. The molecular formula is C23H29N3O3S. The lowest BCUT2D eigenvalue weighted by Crippen LogP contribution is -2.53. The van der Waals surface area contributed by atoms with Crippen molar-refractivity contribution < 1.29 is 13.2 Å². The van der Waals surface area contributed by atoms with Crippen molar-refractivity contribution in [1.29, 1.82) is 0 Å². The molecule has 1 atom stereocenters. The normalized spacial score (nSPS) is 21.5. The monoisotopic (exact) mass is 427 g/mol. The average Bonchev–Trinajstić information content (AvgIpc) is 2.80. The number of amides is 1. The number of piperazine rings is 1. The van der Waals surface area contributed by atoms with E-state index in [2.05, 4.69) is 17.0 Å². The number of piperidine rings is 1. The molecule has 30 heavy (non-hydrogen) atoms. The van der Waals surface area contributed by atoms with Gasteiger partial charge >= 0.3 is 0 Å². The molecule has 0 radical (unpaired) electrons. The summed E-state index contributed by atoms with van der Waals surface area (Å²) >= 11 is 0. The van der Waals surface area contributed by atoms with Crippen molar-refractivity contribution >= 4 is 15.9 Å². The highest BCUT2D eigenvalue weighted by Crippen LogP contribution is 2.23. The van der Waals surface area contributed by atoms with Gasteiger partial charge in [-0.15, -0.1) is 0 Å². The molecule has 2 fully saturated rings. The van der Waals surface area contributed by atoms with Crippen molar-refractivity contribution in [3.8, 4) is 0 Å². The van der Waals surface area contributed by atoms with Crippen LogP contribution in [0, 0.1) is 5.92 Å². The number of benzene rings is 2. The van der Waals surface area contributed by atoms with E-state index in [1.807, 2.05) is 23.1 Å². The molecule has 2 heterocycles. The highest BCUT2D eigenvalue weighted by Gasteiger charge is 2.34. The van der Waals surface area contributed by atoms with E-state index < -0.39 is 10.0 Å². The summed E-state index contributed by atoms with van der Waals surface area (Å²) in [5.74, 6) is 0.171. The van der Waals surface area contributed by atoms with Crippen LogP contribution in [0.15, 0.2) is 65.6 Å². The van der Waals surface area contributed by atoms with Crippen molar-refractivity contribution in [2.45, 2.75) is 24.3 Å². The highest BCUT2D eigenvalue weighted by molar-refractivity contribution is 7.89. The molecule has 2 aromatic carbocycles. The molecule has 0 N–H and O–H groups in total. The van der Waals surface area contributed by atoms with Crippen molar-refractivity contribution in [1.82, 2.24) is 14.1 Å². The van der Waals surface area contributed by atoms with Gasteiger partial charge in [0.15, 0.2) is 0 Å². The Labute approximate surface area is 179 Å². The summed E-state index contributed by atoms with van der Waals surface area (Å²) in [4.78, 5) is 17.6. The van der Waals surface area contributed by atoms with Crippen molar-refractivity contribution in [3.05, 3.63) is 66.2 Å². The van der Waals surface area contributed by atoms with Crippen LogP contribution in [0.3, 0.4) is 0 Å². The lowest BCUT2D eigenvalue weighted by molar-refractivity contribution is -0.138. The first-order chi connectivity index (χ1) is 14.5. The summed E-state index contributed by atoms with van der Waals surface area (Å²) in [6.45, 7) is 4.28. The number of carbonyl (C=O) groups excluding carboxylic acids is 1. The second-order valence-corrected chi connectivity index (χ2v) is 10.0. The second kappa shape index (κ2) is 9.29. The molecule has 6 nitrogen and oxygen atoms in total. The van der Waals surface area contributed by atoms with Crippen LogP contribution in [0.5, 0.6) is 0 Å². The molecule has 160 valence electrons. The molecule has 0 spiro atoms. The van der Waals surface area contributed by atoms with Crippen LogP contribution in [0.4, 0.5) is 0 Å². The molecule has 1 unspecified atom stereocenters. The van der Waals surface area contributed by atoms with Gasteiger partial charge in [0.25, 0.3) is 0 Å². The SMILES string of the molecule is O=C(C1CCCN(Cc2ccccc2)C1)N1CCN(S(=O)(=O)c2ccccc2)CC1. The fourth-order valence-corrected chi connectivity index (χ4v) is 5.83. The number of carbonyl (C=O) groups is 1. The Kier molecular flexibility index (Phi) is 6.51. The van der Waals surface area contributed by atoms with Crippen LogP contribution >= 0.6 is 0 Å². The van der Waals surface area contributed by atoms with Gasteiger partial charge in [-0.25, -0.2) is 8.42 Å². The van der Waals surface area contributed by atoms with E-state index >= 15 is 0 Å². The first kappa shape index (κ1) is 21.0.